The monoisotopic (exact) mass is 393 g/mol. The van der Waals surface area contributed by atoms with Crippen LogP contribution in [0.2, 0.25) is 15.1 Å². The summed E-state index contributed by atoms with van der Waals surface area (Å²) in [4.78, 5) is 2.36. The number of benzene rings is 2. The summed E-state index contributed by atoms with van der Waals surface area (Å²) >= 11 is 18.4. The first kappa shape index (κ1) is 17.2. The van der Waals surface area contributed by atoms with Gasteiger partial charge in [-0.05, 0) is 42.4 Å². The fourth-order valence-corrected chi connectivity index (χ4v) is 3.94. The average Bonchev–Trinajstić information content (AvgIpc) is 3.27. The van der Waals surface area contributed by atoms with Crippen LogP contribution in [0.1, 0.15) is 23.7 Å². The van der Waals surface area contributed by atoms with Gasteiger partial charge in [-0.15, -0.1) is 0 Å². The lowest BCUT2D eigenvalue weighted by molar-refractivity contribution is 0.0217. The number of hydrogen-bond acceptors (Lipinski definition) is 2. The van der Waals surface area contributed by atoms with Crippen molar-refractivity contribution in [3.63, 3.8) is 0 Å². The number of hydrogen-bond donors (Lipinski definition) is 0. The van der Waals surface area contributed by atoms with Gasteiger partial charge < -0.3 is 9.64 Å². The first-order chi connectivity index (χ1) is 12.1. The molecule has 4 rings (SSSR count). The summed E-state index contributed by atoms with van der Waals surface area (Å²) in [5.41, 5.74) is 2.05. The molecule has 0 amide bonds. The minimum Gasteiger partial charge on any atom is -0.371 e. The highest BCUT2D eigenvalue weighted by Gasteiger charge is 2.43. The molecule has 3 atom stereocenters. The molecule has 0 radical (unpaired) electrons. The summed E-state index contributed by atoms with van der Waals surface area (Å²) in [5.74, 6) is 0.720. The predicted octanol–water partition coefficient (Wildman–Crippen LogP) is 6.12. The van der Waals surface area contributed by atoms with Gasteiger partial charge in [0.05, 0.1) is 6.61 Å². The van der Waals surface area contributed by atoms with Crippen molar-refractivity contribution in [1.29, 1.82) is 0 Å². The summed E-state index contributed by atoms with van der Waals surface area (Å²) in [6.07, 6.45) is 5.59. The molecule has 2 aromatic rings. The van der Waals surface area contributed by atoms with Crippen LogP contribution in [0.25, 0.3) is 0 Å². The van der Waals surface area contributed by atoms with E-state index in [4.69, 9.17) is 39.5 Å². The van der Waals surface area contributed by atoms with E-state index in [1.807, 2.05) is 36.4 Å². The topological polar surface area (TPSA) is 12.5 Å². The molecule has 2 aromatic carbocycles. The molecule has 0 spiro atoms. The van der Waals surface area contributed by atoms with Crippen LogP contribution in [0.4, 0.5) is 0 Å². The van der Waals surface area contributed by atoms with Gasteiger partial charge in [-0.3, -0.25) is 0 Å². The molecule has 2 aliphatic rings. The molecule has 1 heterocycles. The van der Waals surface area contributed by atoms with Crippen molar-refractivity contribution < 1.29 is 4.74 Å². The summed E-state index contributed by atoms with van der Waals surface area (Å²) in [5, 5.41) is 2.00. The van der Waals surface area contributed by atoms with Crippen LogP contribution in [-0.4, -0.2) is 17.5 Å². The third-order valence-electron chi connectivity index (χ3n) is 4.81. The Hall–Kier alpha value is -1.19. The quantitative estimate of drug-likeness (QED) is 0.585. The molecule has 130 valence electrons. The van der Waals surface area contributed by atoms with Crippen LogP contribution in [0.5, 0.6) is 0 Å². The summed E-state index contributed by atoms with van der Waals surface area (Å²) in [7, 11) is 0. The molecule has 0 N–H and O–H groups in total. The van der Waals surface area contributed by atoms with Crippen molar-refractivity contribution in [2.45, 2.75) is 25.2 Å². The van der Waals surface area contributed by atoms with Gasteiger partial charge in [0.15, 0.2) is 0 Å². The molecule has 1 aliphatic heterocycles. The normalized spacial score (nSPS) is 22.1. The third kappa shape index (κ3) is 3.98. The van der Waals surface area contributed by atoms with Crippen molar-refractivity contribution in [1.82, 2.24) is 4.90 Å². The molecule has 0 saturated heterocycles. The zero-order valence-electron chi connectivity index (χ0n) is 13.5. The fourth-order valence-electron chi connectivity index (χ4n) is 3.29. The molecule has 5 heteroatoms. The minimum absolute atomic E-state index is 0.121. The maximum atomic E-state index is 6.44. The van der Waals surface area contributed by atoms with Crippen molar-refractivity contribution >= 4 is 34.8 Å². The Bertz CT molecular complexity index is 790. The van der Waals surface area contributed by atoms with Crippen LogP contribution in [0, 0.1) is 5.92 Å². The van der Waals surface area contributed by atoms with Gasteiger partial charge in [0.1, 0.15) is 6.10 Å². The first-order valence-electron chi connectivity index (χ1n) is 8.35. The van der Waals surface area contributed by atoms with Gasteiger partial charge in [0.25, 0.3) is 0 Å². The Morgan fingerprint density at radius 2 is 1.80 bits per heavy atom. The van der Waals surface area contributed by atoms with E-state index < -0.39 is 0 Å². The van der Waals surface area contributed by atoms with Crippen molar-refractivity contribution in [3.05, 3.63) is 80.9 Å². The van der Waals surface area contributed by atoms with E-state index in [9.17, 15) is 0 Å². The lowest BCUT2D eigenvalue weighted by atomic mass is 10.1. The van der Waals surface area contributed by atoms with Crippen LogP contribution in [0.15, 0.2) is 54.7 Å². The predicted molar refractivity (Wildman–Crippen MR) is 103 cm³/mol. The van der Waals surface area contributed by atoms with Gasteiger partial charge in [-0.1, -0.05) is 59.1 Å². The number of rotatable bonds is 6. The highest BCUT2D eigenvalue weighted by Crippen LogP contribution is 2.43. The number of halogens is 3. The zero-order chi connectivity index (χ0) is 17.4. The van der Waals surface area contributed by atoms with E-state index in [2.05, 4.69) is 17.2 Å². The molecule has 0 bridgehead atoms. The van der Waals surface area contributed by atoms with Gasteiger partial charge in [-0.25, -0.2) is 0 Å². The van der Waals surface area contributed by atoms with Gasteiger partial charge in [0, 0.05) is 39.1 Å². The second-order valence-corrected chi connectivity index (χ2v) is 7.88. The maximum Gasteiger partial charge on any atom is 0.102 e. The van der Waals surface area contributed by atoms with Crippen molar-refractivity contribution in [3.8, 4) is 0 Å². The van der Waals surface area contributed by atoms with E-state index in [0.29, 0.717) is 22.7 Å². The van der Waals surface area contributed by atoms with E-state index >= 15 is 0 Å². The largest absolute Gasteiger partial charge is 0.371 e. The Labute approximate surface area is 162 Å². The minimum atomic E-state index is -0.121. The van der Waals surface area contributed by atoms with Crippen LogP contribution >= 0.6 is 34.8 Å². The average molecular weight is 395 g/mol. The highest BCUT2D eigenvalue weighted by atomic mass is 35.5. The van der Waals surface area contributed by atoms with Crippen LogP contribution < -0.4 is 0 Å². The molecule has 2 nitrogen and oxygen atoms in total. The smallest absolute Gasteiger partial charge is 0.102 e. The molecule has 1 aliphatic carbocycles. The number of ether oxygens (including phenoxy) is 1. The third-order valence-corrected chi connectivity index (χ3v) is 5.62. The van der Waals surface area contributed by atoms with E-state index in [1.165, 1.54) is 6.42 Å². The SMILES string of the molecule is Clc1ccc(COC(CN2C=CC3CC32)c2ccc(Cl)cc2Cl)cc1. The molecular formula is C20H18Cl3NO. The van der Waals surface area contributed by atoms with Gasteiger partial charge >= 0.3 is 0 Å². The Morgan fingerprint density at radius 1 is 1.04 bits per heavy atom. The van der Waals surface area contributed by atoms with Crippen molar-refractivity contribution in [2.75, 3.05) is 6.54 Å². The molecule has 0 aromatic heterocycles. The second kappa shape index (κ2) is 7.20. The fraction of sp³-hybridized carbons (Fsp3) is 0.300. The zero-order valence-corrected chi connectivity index (χ0v) is 15.8. The van der Waals surface area contributed by atoms with Gasteiger partial charge in [0.2, 0.25) is 0 Å². The van der Waals surface area contributed by atoms with Crippen LogP contribution in [-0.2, 0) is 11.3 Å². The molecule has 1 fully saturated rings. The van der Waals surface area contributed by atoms with E-state index in [1.54, 1.807) is 6.07 Å². The first-order valence-corrected chi connectivity index (χ1v) is 9.48. The molecule has 25 heavy (non-hydrogen) atoms. The second-order valence-electron chi connectivity index (χ2n) is 6.60. The van der Waals surface area contributed by atoms with E-state index in [0.717, 1.165) is 28.6 Å². The Kier molecular flexibility index (Phi) is 4.97. The number of nitrogens with zero attached hydrogens (tertiary/aromatic N) is 1. The van der Waals surface area contributed by atoms with Crippen LogP contribution in [0.3, 0.4) is 0 Å². The lowest BCUT2D eigenvalue weighted by Gasteiger charge is -2.26. The maximum absolute atomic E-state index is 6.44. The highest BCUT2D eigenvalue weighted by molar-refractivity contribution is 6.35. The number of fused-ring (bicyclic) bond motifs is 1. The van der Waals surface area contributed by atoms with Gasteiger partial charge in [-0.2, -0.15) is 0 Å². The summed E-state index contributed by atoms with van der Waals surface area (Å²) in [6.45, 7) is 1.29. The molecular weight excluding hydrogens is 377 g/mol. The summed E-state index contributed by atoms with van der Waals surface area (Å²) < 4.78 is 6.26. The molecule has 3 unspecified atom stereocenters. The van der Waals surface area contributed by atoms with E-state index in [-0.39, 0.29) is 6.10 Å². The molecule has 1 saturated carbocycles. The summed E-state index contributed by atoms with van der Waals surface area (Å²) in [6, 6.07) is 13.9. The lowest BCUT2D eigenvalue weighted by Crippen LogP contribution is -2.26. The van der Waals surface area contributed by atoms with Crippen molar-refractivity contribution in [2.24, 2.45) is 5.92 Å². The standard InChI is InChI=1S/C20H18Cl3NO/c21-15-3-1-13(2-4-15)12-25-20(11-24-8-7-14-9-19(14)24)17-6-5-16(22)10-18(17)23/h1-8,10,14,19-20H,9,11-12H2. The Balaban J connectivity index is 1.52. The Morgan fingerprint density at radius 3 is 2.44 bits per heavy atom.